The summed E-state index contributed by atoms with van der Waals surface area (Å²) in [6.07, 6.45) is 0. The Hall–Kier alpha value is -2.04. The van der Waals surface area contributed by atoms with E-state index >= 15 is 0 Å². The van der Waals surface area contributed by atoms with Crippen molar-refractivity contribution >= 4 is 17.0 Å². The molecule has 2 aromatic rings. The molecule has 0 aliphatic heterocycles. The lowest BCUT2D eigenvalue weighted by molar-refractivity contribution is 0.0697. The molecular weight excluding hydrogens is 196 g/mol. The number of methoxy groups -OCH3 is 1. The van der Waals surface area contributed by atoms with Crippen molar-refractivity contribution in [2.75, 3.05) is 7.11 Å². The predicted octanol–water partition coefficient (Wildman–Crippen LogP) is 1.28. The lowest BCUT2D eigenvalue weighted by Crippen LogP contribution is -1.96. The van der Waals surface area contributed by atoms with E-state index in [-0.39, 0.29) is 5.56 Å². The predicted molar refractivity (Wildman–Crippen MR) is 54.2 cm³/mol. The zero-order valence-corrected chi connectivity index (χ0v) is 8.39. The molecule has 0 amide bonds. The van der Waals surface area contributed by atoms with Crippen molar-refractivity contribution in [3.05, 3.63) is 23.8 Å². The molecule has 78 valence electrons. The number of aromatic carboxylic acids is 1. The Morgan fingerprint density at radius 2 is 2.27 bits per heavy atom. The minimum atomic E-state index is -0.957. The standard InChI is InChI=1S/C10H10N2O3/c1-12-8-4-3-6(9(13)14)5-7(8)11-10(12)15-2/h3-5H,1-2H3,(H,13,14). The van der Waals surface area contributed by atoms with Gasteiger partial charge >= 0.3 is 5.97 Å². The highest BCUT2D eigenvalue weighted by atomic mass is 16.5. The summed E-state index contributed by atoms with van der Waals surface area (Å²) < 4.78 is 6.80. The van der Waals surface area contributed by atoms with Crippen molar-refractivity contribution in [3.63, 3.8) is 0 Å². The third-order valence-electron chi connectivity index (χ3n) is 2.27. The number of ether oxygens (including phenoxy) is 1. The number of imidazole rings is 1. The number of aromatic nitrogens is 2. The van der Waals surface area contributed by atoms with E-state index in [4.69, 9.17) is 9.84 Å². The van der Waals surface area contributed by atoms with E-state index in [1.807, 2.05) is 7.05 Å². The van der Waals surface area contributed by atoms with Crippen LogP contribution in [0.1, 0.15) is 10.4 Å². The lowest BCUT2D eigenvalue weighted by Gasteiger charge is -1.98. The van der Waals surface area contributed by atoms with Crippen LogP contribution in [0.2, 0.25) is 0 Å². The van der Waals surface area contributed by atoms with Crippen LogP contribution in [-0.2, 0) is 7.05 Å². The molecule has 0 bridgehead atoms. The molecule has 2 rings (SSSR count). The third kappa shape index (κ3) is 1.41. The fraction of sp³-hybridized carbons (Fsp3) is 0.200. The van der Waals surface area contributed by atoms with Crippen LogP contribution >= 0.6 is 0 Å². The van der Waals surface area contributed by atoms with Gasteiger partial charge in [0.05, 0.1) is 23.7 Å². The van der Waals surface area contributed by atoms with Crippen LogP contribution in [-0.4, -0.2) is 27.7 Å². The number of hydrogen-bond acceptors (Lipinski definition) is 3. The van der Waals surface area contributed by atoms with Crippen LogP contribution in [0.3, 0.4) is 0 Å². The van der Waals surface area contributed by atoms with Crippen LogP contribution in [0.5, 0.6) is 6.01 Å². The number of hydrogen-bond donors (Lipinski definition) is 1. The molecule has 0 aliphatic rings. The maximum absolute atomic E-state index is 10.7. The Labute approximate surface area is 85.9 Å². The zero-order valence-electron chi connectivity index (χ0n) is 8.39. The van der Waals surface area contributed by atoms with Crippen LogP contribution in [0.4, 0.5) is 0 Å². The van der Waals surface area contributed by atoms with Crippen molar-refractivity contribution in [1.82, 2.24) is 9.55 Å². The Morgan fingerprint density at radius 3 is 2.87 bits per heavy atom. The molecule has 1 aromatic heterocycles. The first-order chi connectivity index (χ1) is 7.13. The molecule has 0 saturated carbocycles. The molecule has 0 unspecified atom stereocenters. The van der Waals surface area contributed by atoms with Crippen molar-refractivity contribution < 1.29 is 14.6 Å². The van der Waals surface area contributed by atoms with Crippen molar-refractivity contribution in [2.24, 2.45) is 7.05 Å². The number of carbonyl (C=O) groups is 1. The van der Waals surface area contributed by atoms with E-state index < -0.39 is 5.97 Å². The van der Waals surface area contributed by atoms with Gasteiger partial charge in [0.25, 0.3) is 6.01 Å². The number of carboxylic acid groups (broad SMARTS) is 1. The van der Waals surface area contributed by atoms with Crippen molar-refractivity contribution in [2.45, 2.75) is 0 Å². The van der Waals surface area contributed by atoms with Gasteiger partial charge < -0.3 is 9.84 Å². The molecule has 1 heterocycles. The summed E-state index contributed by atoms with van der Waals surface area (Å²) in [5, 5.41) is 8.81. The molecule has 1 aromatic carbocycles. The van der Waals surface area contributed by atoms with Gasteiger partial charge in [-0.2, -0.15) is 4.98 Å². The Bertz CT molecular complexity index is 531. The van der Waals surface area contributed by atoms with Gasteiger partial charge in [-0.05, 0) is 18.2 Å². The highest BCUT2D eigenvalue weighted by Crippen LogP contribution is 2.20. The van der Waals surface area contributed by atoms with Gasteiger partial charge in [-0.3, -0.25) is 4.57 Å². The van der Waals surface area contributed by atoms with Crippen molar-refractivity contribution in [1.29, 1.82) is 0 Å². The van der Waals surface area contributed by atoms with Crippen LogP contribution in [0, 0.1) is 0 Å². The van der Waals surface area contributed by atoms with E-state index in [0.29, 0.717) is 11.5 Å². The summed E-state index contributed by atoms with van der Waals surface area (Å²) in [4.78, 5) is 14.9. The average Bonchev–Trinajstić information content (AvgIpc) is 2.55. The minimum Gasteiger partial charge on any atom is -0.478 e. The monoisotopic (exact) mass is 206 g/mol. The highest BCUT2D eigenvalue weighted by Gasteiger charge is 2.10. The first kappa shape index (κ1) is 9.51. The van der Waals surface area contributed by atoms with Gasteiger partial charge in [0, 0.05) is 7.05 Å². The summed E-state index contributed by atoms with van der Waals surface area (Å²) in [5.41, 5.74) is 1.69. The summed E-state index contributed by atoms with van der Waals surface area (Å²) in [6, 6.07) is 5.26. The highest BCUT2D eigenvalue weighted by molar-refractivity contribution is 5.92. The number of benzene rings is 1. The summed E-state index contributed by atoms with van der Waals surface area (Å²) in [7, 11) is 3.34. The quantitative estimate of drug-likeness (QED) is 0.803. The van der Waals surface area contributed by atoms with E-state index in [0.717, 1.165) is 5.52 Å². The molecule has 0 fully saturated rings. The van der Waals surface area contributed by atoms with Crippen LogP contribution < -0.4 is 4.74 Å². The summed E-state index contributed by atoms with van der Waals surface area (Å²) in [5.74, 6) is -0.957. The molecule has 5 heteroatoms. The fourth-order valence-corrected chi connectivity index (χ4v) is 1.49. The lowest BCUT2D eigenvalue weighted by atomic mass is 10.2. The molecule has 0 radical (unpaired) electrons. The number of fused-ring (bicyclic) bond motifs is 1. The van der Waals surface area contributed by atoms with E-state index in [9.17, 15) is 4.79 Å². The number of nitrogens with zero attached hydrogens (tertiary/aromatic N) is 2. The number of carboxylic acids is 1. The van der Waals surface area contributed by atoms with Gasteiger partial charge in [-0.15, -0.1) is 0 Å². The fourth-order valence-electron chi connectivity index (χ4n) is 1.49. The molecular formula is C10H10N2O3. The zero-order chi connectivity index (χ0) is 11.0. The largest absolute Gasteiger partial charge is 0.478 e. The molecule has 0 atom stereocenters. The molecule has 5 nitrogen and oxygen atoms in total. The minimum absolute atomic E-state index is 0.225. The number of aryl methyl sites for hydroxylation is 1. The Balaban J connectivity index is 2.68. The first-order valence-corrected chi connectivity index (χ1v) is 4.37. The third-order valence-corrected chi connectivity index (χ3v) is 2.27. The SMILES string of the molecule is COc1nc2cc(C(=O)O)ccc2n1C. The van der Waals surface area contributed by atoms with Crippen LogP contribution in [0.15, 0.2) is 18.2 Å². The maximum Gasteiger partial charge on any atom is 0.335 e. The molecule has 15 heavy (non-hydrogen) atoms. The molecule has 0 saturated heterocycles. The Morgan fingerprint density at radius 1 is 1.53 bits per heavy atom. The molecule has 0 aliphatic carbocycles. The van der Waals surface area contributed by atoms with Gasteiger partial charge in [0.15, 0.2) is 0 Å². The van der Waals surface area contributed by atoms with Gasteiger partial charge in [-0.25, -0.2) is 4.79 Å². The second kappa shape index (κ2) is 3.27. The summed E-state index contributed by atoms with van der Waals surface area (Å²) in [6.45, 7) is 0. The van der Waals surface area contributed by atoms with E-state index in [1.165, 1.54) is 13.2 Å². The van der Waals surface area contributed by atoms with Gasteiger partial charge in [0.1, 0.15) is 0 Å². The Kier molecular flexibility index (Phi) is 2.07. The van der Waals surface area contributed by atoms with Crippen molar-refractivity contribution in [3.8, 4) is 6.01 Å². The van der Waals surface area contributed by atoms with Gasteiger partial charge in [0.2, 0.25) is 0 Å². The number of rotatable bonds is 2. The maximum atomic E-state index is 10.7. The smallest absolute Gasteiger partial charge is 0.335 e. The summed E-state index contributed by atoms with van der Waals surface area (Å²) >= 11 is 0. The van der Waals surface area contributed by atoms with Gasteiger partial charge in [-0.1, -0.05) is 0 Å². The first-order valence-electron chi connectivity index (χ1n) is 4.37. The topological polar surface area (TPSA) is 64.3 Å². The van der Waals surface area contributed by atoms with Crippen LogP contribution in [0.25, 0.3) is 11.0 Å². The molecule has 1 N–H and O–H groups in total. The molecule has 0 spiro atoms. The van der Waals surface area contributed by atoms with E-state index in [2.05, 4.69) is 4.98 Å². The second-order valence-corrected chi connectivity index (χ2v) is 3.17. The average molecular weight is 206 g/mol. The normalized spacial score (nSPS) is 10.5. The second-order valence-electron chi connectivity index (χ2n) is 3.17. The van der Waals surface area contributed by atoms with E-state index in [1.54, 1.807) is 16.7 Å².